The van der Waals surface area contributed by atoms with Crippen molar-refractivity contribution in [2.75, 3.05) is 17.7 Å². The van der Waals surface area contributed by atoms with Gasteiger partial charge in [-0.25, -0.2) is 15.0 Å². The predicted molar refractivity (Wildman–Crippen MR) is 88.8 cm³/mol. The van der Waals surface area contributed by atoms with Crippen LogP contribution in [-0.2, 0) is 0 Å². The second-order valence-corrected chi connectivity index (χ2v) is 5.62. The molecule has 2 heterocycles. The highest BCUT2D eigenvalue weighted by Crippen LogP contribution is 2.31. The summed E-state index contributed by atoms with van der Waals surface area (Å²) in [6.45, 7) is 1.96. The van der Waals surface area contributed by atoms with E-state index in [4.69, 9.17) is 0 Å². The number of anilines is 3. The number of aromatic hydroxyl groups is 1. The van der Waals surface area contributed by atoms with E-state index in [1.807, 2.05) is 26.1 Å². The summed E-state index contributed by atoms with van der Waals surface area (Å²) in [5.41, 5.74) is 2.47. The summed E-state index contributed by atoms with van der Waals surface area (Å²) < 4.78 is 0. The Morgan fingerprint density at radius 2 is 2.05 bits per heavy atom. The summed E-state index contributed by atoms with van der Waals surface area (Å²) in [7, 11) is 1.84. The van der Waals surface area contributed by atoms with Crippen molar-refractivity contribution in [3.05, 3.63) is 42.2 Å². The number of benzene rings is 1. The maximum Gasteiger partial charge on any atom is 0.227 e. The lowest BCUT2D eigenvalue weighted by Gasteiger charge is -2.06. The molecule has 0 radical (unpaired) electrons. The van der Waals surface area contributed by atoms with Gasteiger partial charge in [0.25, 0.3) is 0 Å². The first-order valence-corrected chi connectivity index (χ1v) is 7.52. The highest BCUT2D eigenvalue weighted by Gasteiger charge is 2.11. The monoisotopic (exact) mass is 313 g/mol. The predicted octanol–water partition coefficient (Wildman–Crippen LogP) is 3.40. The molecule has 0 saturated heterocycles. The summed E-state index contributed by atoms with van der Waals surface area (Å²) in [5, 5.41) is 16.5. The van der Waals surface area contributed by atoms with Gasteiger partial charge in [-0.1, -0.05) is 17.4 Å². The van der Waals surface area contributed by atoms with Gasteiger partial charge in [-0.05, 0) is 25.1 Å². The number of nitrogens with zero attached hydrogens (tertiary/aromatic N) is 3. The number of aromatic nitrogens is 3. The van der Waals surface area contributed by atoms with Crippen LogP contribution < -0.4 is 10.6 Å². The smallest absolute Gasteiger partial charge is 0.227 e. The van der Waals surface area contributed by atoms with Crippen LogP contribution in [0.15, 0.2) is 36.5 Å². The molecule has 3 N–H and O–H groups in total. The summed E-state index contributed by atoms with van der Waals surface area (Å²) >= 11 is 1.55. The normalized spacial score (nSPS) is 10.5. The maximum atomic E-state index is 9.50. The Balaban J connectivity index is 1.90. The molecule has 22 heavy (non-hydrogen) atoms. The van der Waals surface area contributed by atoms with Crippen molar-refractivity contribution in [2.45, 2.75) is 6.92 Å². The molecule has 1 aromatic carbocycles. The van der Waals surface area contributed by atoms with E-state index < -0.39 is 0 Å². The largest absolute Gasteiger partial charge is 0.508 e. The number of rotatable bonds is 4. The molecule has 3 aromatic rings. The van der Waals surface area contributed by atoms with Crippen LogP contribution in [0.25, 0.3) is 10.6 Å². The second-order valence-electron chi connectivity index (χ2n) is 4.62. The van der Waals surface area contributed by atoms with E-state index >= 15 is 0 Å². The van der Waals surface area contributed by atoms with Crippen molar-refractivity contribution in [3.8, 4) is 16.3 Å². The lowest BCUT2D eigenvalue weighted by molar-refractivity contribution is 0.475. The molecular weight excluding hydrogens is 298 g/mol. The average Bonchev–Trinajstić information content (AvgIpc) is 2.89. The Morgan fingerprint density at radius 1 is 1.18 bits per heavy atom. The van der Waals surface area contributed by atoms with Gasteiger partial charge in [0.2, 0.25) is 5.95 Å². The van der Waals surface area contributed by atoms with Crippen LogP contribution in [0.3, 0.4) is 0 Å². The number of hydrogen-bond donors (Lipinski definition) is 3. The highest BCUT2D eigenvalue weighted by atomic mass is 32.1. The standard InChI is InChI=1S/C15H15N5OS/c1-9-13(22-15(16-2)18-9)12-6-7-17-14(20-12)19-10-4-3-5-11(21)8-10/h3-8,21H,1-2H3,(H,16,18)(H,17,19,20). The Bertz CT molecular complexity index is 802. The molecule has 0 atom stereocenters. The SMILES string of the molecule is CNc1nc(C)c(-c2ccnc(Nc3cccc(O)c3)n2)s1. The Hall–Kier alpha value is -2.67. The van der Waals surface area contributed by atoms with Crippen LogP contribution in [0.5, 0.6) is 5.75 Å². The molecule has 6 nitrogen and oxygen atoms in total. The number of phenols is 1. The van der Waals surface area contributed by atoms with E-state index in [0.717, 1.165) is 27.1 Å². The average molecular weight is 313 g/mol. The van der Waals surface area contributed by atoms with Crippen LogP contribution in [-0.4, -0.2) is 27.1 Å². The van der Waals surface area contributed by atoms with Gasteiger partial charge in [0.1, 0.15) is 5.75 Å². The third kappa shape index (κ3) is 2.99. The minimum Gasteiger partial charge on any atom is -0.508 e. The molecule has 0 spiro atoms. The fourth-order valence-corrected chi connectivity index (χ4v) is 2.89. The van der Waals surface area contributed by atoms with Crippen molar-refractivity contribution < 1.29 is 5.11 Å². The van der Waals surface area contributed by atoms with Crippen molar-refractivity contribution in [1.29, 1.82) is 0 Å². The molecule has 0 amide bonds. The van der Waals surface area contributed by atoms with Crippen molar-refractivity contribution in [1.82, 2.24) is 15.0 Å². The van der Waals surface area contributed by atoms with E-state index in [0.29, 0.717) is 5.95 Å². The lowest BCUT2D eigenvalue weighted by Crippen LogP contribution is -1.97. The molecule has 0 bridgehead atoms. The van der Waals surface area contributed by atoms with Gasteiger partial charge in [0, 0.05) is 25.0 Å². The van der Waals surface area contributed by atoms with Gasteiger partial charge in [-0.15, -0.1) is 0 Å². The molecule has 0 aliphatic rings. The first kappa shape index (κ1) is 14.3. The molecule has 0 aliphatic heterocycles. The molecule has 0 unspecified atom stereocenters. The Morgan fingerprint density at radius 3 is 2.77 bits per heavy atom. The van der Waals surface area contributed by atoms with Gasteiger partial charge in [-0.3, -0.25) is 0 Å². The van der Waals surface area contributed by atoms with Crippen LogP contribution in [0, 0.1) is 6.92 Å². The van der Waals surface area contributed by atoms with Crippen LogP contribution >= 0.6 is 11.3 Å². The van der Waals surface area contributed by atoms with Gasteiger partial charge in [0.05, 0.1) is 16.3 Å². The summed E-state index contributed by atoms with van der Waals surface area (Å²) in [6, 6.07) is 8.68. The zero-order valence-electron chi connectivity index (χ0n) is 12.2. The number of hydrogen-bond acceptors (Lipinski definition) is 7. The summed E-state index contributed by atoms with van der Waals surface area (Å²) in [4.78, 5) is 14.2. The van der Waals surface area contributed by atoms with Gasteiger partial charge in [0.15, 0.2) is 5.13 Å². The fourth-order valence-electron chi connectivity index (χ4n) is 2.00. The third-order valence-electron chi connectivity index (χ3n) is 3.00. The maximum absolute atomic E-state index is 9.50. The van der Waals surface area contributed by atoms with Crippen molar-refractivity contribution in [3.63, 3.8) is 0 Å². The highest BCUT2D eigenvalue weighted by molar-refractivity contribution is 7.19. The topological polar surface area (TPSA) is 83.0 Å². The van der Waals surface area contributed by atoms with Crippen molar-refractivity contribution in [2.24, 2.45) is 0 Å². The van der Waals surface area contributed by atoms with Gasteiger partial charge >= 0.3 is 0 Å². The van der Waals surface area contributed by atoms with Crippen LogP contribution in [0.2, 0.25) is 0 Å². The molecule has 112 valence electrons. The number of nitrogens with one attached hydrogen (secondary N) is 2. The summed E-state index contributed by atoms with van der Waals surface area (Å²) in [5.74, 6) is 0.667. The number of thiazole rings is 1. The zero-order valence-corrected chi connectivity index (χ0v) is 13.0. The number of phenolic OH excluding ortho intramolecular Hbond substituents is 1. The van der Waals surface area contributed by atoms with E-state index in [-0.39, 0.29) is 5.75 Å². The van der Waals surface area contributed by atoms with E-state index in [2.05, 4.69) is 25.6 Å². The fraction of sp³-hybridized carbons (Fsp3) is 0.133. The Labute approximate surface area is 131 Å². The molecule has 7 heteroatoms. The first-order valence-electron chi connectivity index (χ1n) is 6.70. The van der Waals surface area contributed by atoms with E-state index in [1.54, 1.807) is 35.7 Å². The molecule has 2 aromatic heterocycles. The first-order chi connectivity index (χ1) is 10.7. The van der Waals surface area contributed by atoms with Gasteiger partial charge < -0.3 is 15.7 Å². The van der Waals surface area contributed by atoms with E-state index in [9.17, 15) is 5.11 Å². The molecule has 0 fully saturated rings. The molecular formula is C15H15N5OS. The quantitative estimate of drug-likeness (QED) is 0.685. The molecule has 3 rings (SSSR count). The van der Waals surface area contributed by atoms with Gasteiger partial charge in [-0.2, -0.15) is 0 Å². The second kappa shape index (κ2) is 5.98. The number of aryl methyl sites for hydroxylation is 1. The van der Waals surface area contributed by atoms with Crippen molar-refractivity contribution >= 4 is 28.1 Å². The third-order valence-corrected chi connectivity index (χ3v) is 4.20. The van der Waals surface area contributed by atoms with Crippen LogP contribution in [0.4, 0.5) is 16.8 Å². The molecule has 0 aliphatic carbocycles. The lowest BCUT2D eigenvalue weighted by atomic mass is 10.3. The zero-order chi connectivity index (χ0) is 15.5. The van der Waals surface area contributed by atoms with Crippen LogP contribution in [0.1, 0.15) is 5.69 Å². The Kier molecular flexibility index (Phi) is 3.88. The minimum absolute atomic E-state index is 0.193. The minimum atomic E-state index is 0.193. The molecule has 0 saturated carbocycles. The summed E-state index contributed by atoms with van der Waals surface area (Å²) in [6.07, 6.45) is 1.70. The van der Waals surface area contributed by atoms with E-state index in [1.165, 1.54) is 0 Å².